The summed E-state index contributed by atoms with van der Waals surface area (Å²) in [5.74, 6) is 0.714. The fraction of sp³-hybridized carbons (Fsp3) is 0.500. The lowest BCUT2D eigenvalue weighted by molar-refractivity contribution is 0.0700. The molecule has 1 aliphatic heterocycles. The van der Waals surface area contributed by atoms with E-state index in [0.29, 0.717) is 5.92 Å². The lowest BCUT2D eigenvalue weighted by atomic mass is 9.95. The van der Waals surface area contributed by atoms with Gasteiger partial charge >= 0.3 is 0 Å². The lowest BCUT2D eigenvalue weighted by Gasteiger charge is -2.35. The predicted molar refractivity (Wildman–Crippen MR) is 115 cm³/mol. The molecule has 0 radical (unpaired) electrons. The first kappa shape index (κ1) is 20.5. The average Bonchev–Trinajstić information content (AvgIpc) is 2.72. The minimum absolute atomic E-state index is 0.120. The van der Waals surface area contributed by atoms with Crippen LogP contribution in [0, 0.1) is 19.8 Å². The Hall–Kier alpha value is -2.20. The molecule has 3 rings (SSSR count). The van der Waals surface area contributed by atoms with Crippen LogP contribution >= 0.6 is 0 Å². The van der Waals surface area contributed by atoms with Crippen LogP contribution in [-0.2, 0) is 6.42 Å². The topological polar surface area (TPSA) is 36.4 Å². The summed E-state index contributed by atoms with van der Waals surface area (Å²) in [4.78, 5) is 21.7. The van der Waals surface area contributed by atoms with E-state index < -0.39 is 0 Å². The highest BCUT2D eigenvalue weighted by molar-refractivity contribution is 5.95. The van der Waals surface area contributed by atoms with Crippen molar-refractivity contribution in [2.45, 2.75) is 40.0 Å². The van der Waals surface area contributed by atoms with Gasteiger partial charge in [0.1, 0.15) is 0 Å². The summed E-state index contributed by atoms with van der Waals surface area (Å²) >= 11 is 0. The highest BCUT2D eigenvalue weighted by atomic mass is 16.2. The number of carbonyl (C=O) groups excluding carboxylic acids is 1. The Morgan fingerprint density at radius 3 is 2.57 bits per heavy atom. The summed E-state index contributed by atoms with van der Waals surface area (Å²) in [5.41, 5.74) is 4.40. The van der Waals surface area contributed by atoms with Gasteiger partial charge in [-0.2, -0.15) is 0 Å². The molecule has 1 amide bonds. The number of aryl methyl sites for hydroxylation is 2. The molecule has 4 nitrogen and oxygen atoms in total. The van der Waals surface area contributed by atoms with Crippen molar-refractivity contribution in [1.82, 2.24) is 14.8 Å². The van der Waals surface area contributed by atoms with Crippen LogP contribution < -0.4 is 0 Å². The summed E-state index contributed by atoms with van der Waals surface area (Å²) < 4.78 is 0. The Labute approximate surface area is 169 Å². The second kappa shape index (κ2) is 9.83. The number of nitrogens with zero attached hydrogens (tertiary/aromatic N) is 3. The number of amides is 1. The molecule has 1 fully saturated rings. The van der Waals surface area contributed by atoms with E-state index in [1.165, 1.54) is 24.0 Å². The molecule has 1 aromatic heterocycles. The van der Waals surface area contributed by atoms with E-state index in [1.54, 1.807) is 6.20 Å². The molecule has 0 saturated carbocycles. The molecule has 28 heavy (non-hydrogen) atoms. The molecule has 2 aromatic rings. The number of rotatable bonds is 7. The van der Waals surface area contributed by atoms with Crippen molar-refractivity contribution in [3.8, 4) is 0 Å². The maximum absolute atomic E-state index is 12.9. The van der Waals surface area contributed by atoms with E-state index in [0.717, 1.165) is 50.4 Å². The Morgan fingerprint density at radius 1 is 1.14 bits per heavy atom. The monoisotopic (exact) mass is 379 g/mol. The Morgan fingerprint density at radius 2 is 1.89 bits per heavy atom. The van der Waals surface area contributed by atoms with Crippen molar-refractivity contribution in [2.24, 2.45) is 5.92 Å². The van der Waals surface area contributed by atoms with E-state index >= 15 is 0 Å². The van der Waals surface area contributed by atoms with Gasteiger partial charge in [-0.3, -0.25) is 9.78 Å². The van der Waals surface area contributed by atoms with Gasteiger partial charge in [-0.15, -0.1) is 0 Å². The fourth-order valence-electron chi connectivity index (χ4n) is 4.11. The molecule has 0 unspecified atom stereocenters. The molecule has 150 valence electrons. The number of carbonyl (C=O) groups is 1. The number of benzene rings is 1. The van der Waals surface area contributed by atoms with Crippen LogP contribution in [0.1, 0.15) is 46.9 Å². The summed E-state index contributed by atoms with van der Waals surface area (Å²) in [5, 5.41) is 0. The maximum atomic E-state index is 12.9. The number of aromatic nitrogens is 1. The van der Waals surface area contributed by atoms with Crippen molar-refractivity contribution < 1.29 is 4.79 Å². The van der Waals surface area contributed by atoms with Gasteiger partial charge in [0.05, 0.1) is 5.56 Å². The van der Waals surface area contributed by atoms with Gasteiger partial charge < -0.3 is 9.80 Å². The number of pyridine rings is 1. The molecular formula is C24H33N3O. The first-order valence-electron chi connectivity index (χ1n) is 10.6. The quantitative estimate of drug-likeness (QED) is 0.726. The van der Waals surface area contributed by atoms with Gasteiger partial charge in [-0.1, -0.05) is 24.3 Å². The second-order valence-electron chi connectivity index (χ2n) is 7.94. The number of hydrogen-bond donors (Lipinski definition) is 0. The number of hydrogen-bond acceptors (Lipinski definition) is 3. The molecule has 0 atom stereocenters. The first-order chi connectivity index (χ1) is 13.6. The van der Waals surface area contributed by atoms with E-state index in [4.69, 9.17) is 0 Å². The zero-order valence-corrected chi connectivity index (χ0v) is 17.5. The molecule has 0 aliphatic carbocycles. The van der Waals surface area contributed by atoms with Crippen molar-refractivity contribution in [1.29, 1.82) is 0 Å². The molecule has 1 aromatic carbocycles. The van der Waals surface area contributed by atoms with Gasteiger partial charge in [-0.05, 0) is 82.3 Å². The predicted octanol–water partition coefficient (Wildman–Crippen LogP) is 4.12. The van der Waals surface area contributed by atoms with Crippen LogP contribution in [0.15, 0.2) is 42.6 Å². The third-order valence-electron chi connectivity index (χ3n) is 6.05. The van der Waals surface area contributed by atoms with Crippen LogP contribution in [0.3, 0.4) is 0 Å². The average molecular weight is 380 g/mol. The molecular weight excluding hydrogens is 346 g/mol. The van der Waals surface area contributed by atoms with Crippen molar-refractivity contribution >= 4 is 5.91 Å². The molecule has 0 bridgehead atoms. The summed E-state index contributed by atoms with van der Waals surface area (Å²) in [6.07, 6.45) is 5.21. The van der Waals surface area contributed by atoms with E-state index in [9.17, 15) is 4.79 Å². The molecule has 0 N–H and O–H groups in total. The standard InChI is InChI=1S/C24H33N3O/c1-4-27(24(28)23-10-7-14-25-20(23)3)18-21-11-15-26(16-12-21)17-13-22-9-6-5-8-19(22)2/h5-10,14,21H,4,11-13,15-18H2,1-3H3. The Balaban J connectivity index is 1.48. The third kappa shape index (κ3) is 5.20. The van der Waals surface area contributed by atoms with Crippen LogP contribution in [-0.4, -0.2) is 53.4 Å². The molecule has 2 heterocycles. The minimum atomic E-state index is 0.120. The van der Waals surface area contributed by atoms with Crippen molar-refractivity contribution in [3.63, 3.8) is 0 Å². The van der Waals surface area contributed by atoms with Gasteiger partial charge in [-0.25, -0.2) is 0 Å². The first-order valence-corrected chi connectivity index (χ1v) is 10.6. The Kier molecular flexibility index (Phi) is 7.21. The highest BCUT2D eigenvalue weighted by Gasteiger charge is 2.24. The smallest absolute Gasteiger partial charge is 0.255 e. The number of likely N-dealkylation sites (tertiary alicyclic amines) is 1. The highest BCUT2D eigenvalue weighted by Crippen LogP contribution is 2.20. The minimum Gasteiger partial charge on any atom is -0.339 e. The van der Waals surface area contributed by atoms with E-state index in [-0.39, 0.29) is 5.91 Å². The maximum Gasteiger partial charge on any atom is 0.255 e. The molecule has 4 heteroatoms. The van der Waals surface area contributed by atoms with E-state index in [2.05, 4.69) is 48.0 Å². The summed E-state index contributed by atoms with van der Waals surface area (Å²) in [7, 11) is 0. The molecule has 0 spiro atoms. The van der Waals surface area contributed by atoms with Crippen LogP contribution in [0.5, 0.6) is 0 Å². The zero-order chi connectivity index (χ0) is 19.9. The number of piperidine rings is 1. The molecule has 1 saturated heterocycles. The van der Waals surface area contributed by atoms with Crippen molar-refractivity contribution in [2.75, 3.05) is 32.7 Å². The van der Waals surface area contributed by atoms with Gasteiger partial charge in [0.2, 0.25) is 0 Å². The zero-order valence-electron chi connectivity index (χ0n) is 17.5. The van der Waals surface area contributed by atoms with Crippen LogP contribution in [0.25, 0.3) is 0 Å². The van der Waals surface area contributed by atoms with Gasteiger partial charge in [0.15, 0.2) is 0 Å². The van der Waals surface area contributed by atoms with E-state index in [1.807, 2.05) is 24.0 Å². The van der Waals surface area contributed by atoms with Gasteiger partial charge in [0.25, 0.3) is 5.91 Å². The summed E-state index contributed by atoms with van der Waals surface area (Å²) in [6, 6.07) is 12.4. The van der Waals surface area contributed by atoms with Gasteiger partial charge in [0, 0.05) is 31.5 Å². The van der Waals surface area contributed by atoms with Crippen LogP contribution in [0.2, 0.25) is 0 Å². The lowest BCUT2D eigenvalue weighted by Crippen LogP contribution is -2.41. The van der Waals surface area contributed by atoms with Crippen molar-refractivity contribution in [3.05, 3.63) is 65.0 Å². The molecule has 1 aliphatic rings. The largest absolute Gasteiger partial charge is 0.339 e. The normalized spacial score (nSPS) is 15.5. The Bertz CT molecular complexity index is 781. The third-order valence-corrected chi connectivity index (χ3v) is 6.05. The second-order valence-corrected chi connectivity index (χ2v) is 7.94. The van der Waals surface area contributed by atoms with Crippen LogP contribution in [0.4, 0.5) is 0 Å². The fourth-order valence-corrected chi connectivity index (χ4v) is 4.11. The summed E-state index contributed by atoms with van der Waals surface area (Å²) in [6.45, 7) is 11.2. The SMILES string of the molecule is CCN(CC1CCN(CCc2ccccc2C)CC1)C(=O)c1cccnc1C.